The molecule has 0 fully saturated rings. The second-order valence-electron chi connectivity index (χ2n) is 15.4. The molecule has 0 radical (unpaired) electrons. The van der Waals surface area contributed by atoms with Crippen molar-refractivity contribution in [3.05, 3.63) is 147 Å². The summed E-state index contributed by atoms with van der Waals surface area (Å²) < 4.78 is 5.74. The first-order valence-electron chi connectivity index (χ1n) is 21.6. The highest BCUT2D eigenvalue weighted by Gasteiger charge is 2.37. The number of non-ortho nitro benzene ring substituents is 1. The van der Waals surface area contributed by atoms with Crippen LogP contribution in [0, 0.1) is 10.1 Å². The standard InChI is InChI=1S/C49H59N5O7/c1-4-6-8-17-34-53(46(47(56)50-32-7-5-2)41-26-24-39(25-27-41)38-21-14-10-15-22-38)43(55)23-16-11-18-33-52-36(3)44(48(57)61-35-37-19-12-9-13-20-37)45(51-49(52)58)40-28-30-42(31-29-40)54(59)60/h9-10,12-15,19-22,24-31,45-46H,4-8,11,16-18,23,32-35H2,1-3H3,(H,50,56)(H,51,58). The number of nitrogens with zero attached hydrogens (tertiary/aromatic N) is 3. The van der Waals surface area contributed by atoms with E-state index >= 15 is 0 Å². The molecule has 322 valence electrons. The number of amides is 4. The number of allylic oxidation sites excluding steroid dienone is 1. The van der Waals surface area contributed by atoms with Crippen molar-refractivity contribution in [3.8, 4) is 11.1 Å². The van der Waals surface area contributed by atoms with Crippen LogP contribution in [0.2, 0.25) is 0 Å². The number of nitrogens with one attached hydrogen (secondary N) is 2. The summed E-state index contributed by atoms with van der Waals surface area (Å²) in [6, 6.07) is 30.9. The summed E-state index contributed by atoms with van der Waals surface area (Å²) in [6.07, 6.45) is 7.54. The van der Waals surface area contributed by atoms with Gasteiger partial charge in [-0.2, -0.15) is 0 Å². The second kappa shape index (κ2) is 23.5. The number of unbranched alkanes of at least 4 members (excludes halogenated alkanes) is 6. The number of nitro benzene ring substituents is 1. The van der Waals surface area contributed by atoms with E-state index in [-0.39, 0.29) is 42.6 Å². The molecule has 2 atom stereocenters. The molecule has 1 aliphatic heterocycles. The lowest BCUT2D eigenvalue weighted by molar-refractivity contribution is -0.384. The van der Waals surface area contributed by atoms with Gasteiger partial charge in [-0.3, -0.25) is 24.6 Å². The molecule has 12 heteroatoms. The predicted octanol–water partition coefficient (Wildman–Crippen LogP) is 9.97. The number of hydrogen-bond donors (Lipinski definition) is 2. The normalized spacial score (nSPS) is 14.2. The predicted molar refractivity (Wildman–Crippen MR) is 237 cm³/mol. The Balaban J connectivity index is 1.29. The third-order valence-electron chi connectivity index (χ3n) is 11.0. The van der Waals surface area contributed by atoms with Crippen molar-refractivity contribution in [2.45, 2.75) is 104 Å². The highest BCUT2D eigenvalue weighted by atomic mass is 16.6. The number of carbonyl (C=O) groups is 4. The maximum Gasteiger partial charge on any atom is 0.338 e. The first-order chi connectivity index (χ1) is 29.6. The summed E-state index contributed by atoms with van der Waals surface area (Å²) in [6.45, 7) is 7.22. The van der Waals surface area contributed by atoms with E-state index in [4.69, 9.17) is 4.74 Å². The Hall–Kier alpha value is -6.30. The Morgan fingerprint density at radius 3 is 2.10 bits per heavy atom. The lowest BCUT2D eigenvalue weighted by atomic mass is 9.94. The fourth-order valence-electron chi connectivity index (χ4n) is 7.57. The third kappa shape index (κ3) is 12.8. The third-order valence-corrected chi connectivity index (χ3v) is 11.0. The molecule has 1 heterocycles. The number of hydrogen-bond acceptors (Lipinski definition) is 7. The van der Waals surface area contributed by atoms with Gasteiger partial charge in [0.15, 0.2) is 0 Å². The molecular formula is C49H59N5O7. The summed E-state index contributed by atoms with van der Waals surface area (Å²) in [5, 5.41) is 17.3. The van der Waals surface area contributed by atoms with Crippen LogP contribution in [-0.4, -0.2) is 58.2 Å². The molecule has 0 aromatic heterocycles. The molecule has 0 saturated carbocycles. The van der Waals surface area contributed by atoms with Gasteiger partial charge in [-0.05, 0) is 72.6 Å². The van der Waals surface area contributed by atoms with E-state index in [0.717, 1.165) is 60.8 Å². The molecule has 0 saturated heterocycles. The van der Waals surface area contributed by atoms with Crippen LogP contribution in [0.5, 0.6) is 0 Å². The van der Waals surface area contributed by atoms with Crippen molar-refractivity contribution in [2.24, 2.45) is 0 Å². The van der Waals surface area contributed by atoms with Gasteiger partial charge in [0.05, 0.1) is 16.5 Å². The van der Waals surface area contributed by atoms with Crippen LogP contribution in [0.1, 0.15) is 114 Å². The molecule has 4 aromatic rings. The number of rotatable bonds is 23. The lowest BCUT2D eigenvalue weighted by Crippen LogP contribution is -2.48. The highest BCUT2D eigenvalue weighted by molar-refractivity contribution is 5.95. The van der Waals surface area contributed by atoms with Crippen molar-refractivity contribution in [1.29, 1.82) is 0 Å². The molecule has 4 aromatic carbocycles. The zero-order valence-electron chi connectivity index (χ0n) is 35.6. The van der Waals surface area contributed by atoms with Gasteiger partial charge < -0.3 is 20.3 Å². The van der Waals surface area contributed by atoms with Crippen molar-refractivity contribution in [3.63, 3.8) is 0 Å². The van der Waals surface area contributed by atoms with E-state index < -0.39 is 29.0 Å². The van der Waals surface area contributed by atoms with Gasteiger partial charge >= 0.3 is 12.0 Å². The van der Waals surface area contributed by atoms with Gasteiger partial charge in [0, 0.05) is 43.9 Å². The fraction of sp³-hybridized carbons (Fsp3) is 0.388. The van der Waals surface area contributed by atoms with Gasteiger partial charge in [0.25, 0.3) is 5.69 Å². The van der Waals surface area contributed by atoms with Gasteiger partial charge in [-0.25, -0.2) is 9.59 Å². The summed E-state index contributed by atoms with van der Waals surface area (Å²) in [5.41, 5.74) is 4.72. The van der Waals surface area contributed by atoms with E-state index in [1.807, 2.05) is 84.9 Å². The number of benzene rings is 4. The number of nitro groups is 1. The summed E-state index contributed by atoms with van der Waals surface area (Å²) >= 11 is 0. The molecule has 1 aliphatic rings. The summed E-state index contributed by atoms with van der Waals surface area (Å²) in [7, 11) is 0. The van der Waals surface area contributed by atoms with Crippen LogP contribution in [0.4, 0.5) is 10.5 Å². The van der Waals surface area contributed by atoms with Gasteiger partial charge in [0.2, 0.25) is 11.8 Å². The minimum Gasteiger partial charge on any atom is -0.457 e. The monoisotopic (exact) mass is 829 g/mol. The smallest absolute Gasteiger partial charge is 0.338 e. The van der Waals surface area contributed by atoms with E-state index in [2.05, 4.69) is 24.5 Å². The van der Waals surface area contributed by atoms with Crippen molar-refractivity contribution in [2.75, 3.05) is 19.6 Å². The van der Waals surface area contributed by atoms with Crippen LogP contribution < -0.4 is 10.6 Å². The maximum absolute atomic E-state index is 14.2. The van der Waals surface area contributed by atoms with Crippen LogP contribution in [0.3, 0.4) is 0 Å². The highest BCUT2D eigenvalue weighted by Crippen LogP contribution is 2.33. The van der Waals surface area contributed by atoms with Crippen LogP contribution >= 0.6 is 0 Å². The van der Waals surface area contributed by atoms with Crippen molar-refractivity contribution >= 4 is 29.5 Å². The molecule has 0 bridgehead atoms. The van der Waals surface area contributed by atoms with Gasteiger partial charge in [0.1, 0.15) is 12.6 Å². The topological polar surface area (TPSA) is 151 Å². The Labute approximate surface area is 359 Å². The summed E-state index contributed by atoms with van der Waals surface area (Å²) in [5.74, 6) is -0.893. The Morgan fingerprint density at radius 1 is 0.803 bits per heavy atom. The number of ether oxygens (including phenoxy) is 1. The Kier molecular flexibility index (Phi) is 17.6. The molecule has 12 nitrogen and oxygen atoms in total. The first-order valence-corrected chi connectivity index (χ1v) is 21.6. The molecule has 2 N–H and O–H groups in total. The van der Waals surface area contributed by atoms with Gasteiger partial charge in [-0.1, -0.05) is 131 Å². The quantitative estimate of drug-likeness (QED) is 0.0327. The van der Waals surface area contributed by atoms with Gasteiger partial charge in [-0.15, -0.1) is 0 Å². The number of esters is 1. The van der Waals surface area contributed by atoms with Crippen LogP contribution in [0.25, 0.3) is 11.1 Å². The maximum atomic E-state index is 14.2. The van der Waals surface area contributed by atoms with E-state index in [1.165, 1.54) is 29.2 Å². The van der Waals surface area contributed by atoms with E-state index in [9.17, 15) is 29.3 Å². The average Bonchev–Trinajstić information content (AvgIpc) is 3.28. The van der Waals surface area contributed by atoms with Crippen molar-refractivity contribution < 1.29 is 28.8 Å². The largest absolute Gasteiger partial charge is 0.457 e. The molecule has 61 heavy (non-hydrogen) atoms. The SMILES string of the molecule is CCCCCCN(C(=O)CCCCCN1C(=O)NC(c2ccc([N+](=O)[O-])cc2)C(C(=O)OCc2ccccc2)=C1C)C(C(=O)NCCCC)c1ccc(-c2ccccc2)cc1. The van der Waals surface area contributed by atoms with Crippen LogP contribution in [-0.2, 0) is 25.7 Å². The minimum atomic E-state index is -0.879. The Morgan fingerprint density at radius 2 is 1.44 bits per heavy atom. The number of carbonyl (C=O) groups excluding carboxylic acids is 4. The molecule has 4 amide bonds. The molecule has 0 aliphatic carbocycles. The molecule has 5 rings (SSSR count). The van der Waals surface area contributed by atoms with E-state index in [0.29, 0.717) is 43.6 Å². The molecule has 2 unspecified atom stereocenters. The van der Waals surface area contributed by atoms with E-state index in [1.54, 1.807) is 11.8 Å². The first kappa shape index (κ1) is 45.8. The summed E-state index contributed by atoms with van der Waals surface area (Å²) in [4.78, 5) is 69.6. The van der Waals surface area contributed by atoms with Crippen molar-refractivity contribution in [1.82, 2.24) is 20.4 Å². The number of urea groups is 1. The van der Waals surface area contributed by atoms with Crippen LogP contribution in [0.15, 0.2) is 120 Å². The molecule has 0 spiro atoms. The zero-order valence-corrected chi connectivity index (χ0v) is 35.6. The average molecular weight is 830 g/mol. The Bertz CT molecular complexity index is 2090. The lowest BCUT2D eigenvalue weighted by Gasteiger charge is -2.35. The minimum absolute atomic E-state index is 0.0291. The second-order valence-corrected chi connectivity index (χ2v) is 15.4. The zero-order chi connectivity index (χ0) is 43.6. The molecular weight excluding hydrogens is 771 g/mol. The fourth-order valence-corrected chi connectivity index (χ4v) is 7.57.